The molecule has 1 aromatic heterocycles. The van der Waals surface area contributed by atoms with Crippen LogP contribution in [0.15, 0.2) is 48.8 Å². The van der Waals surface area contributed by atoms with Crippen molar-refractivity contribution in [2.24, 2.45) is 5.92 Å². The molecular formula is C22H26N4O3. The third-order valence-corrected chi connectivity index (χ3v) is 5.91. The first kappa shape index (κ1) is 19.2. The number of aliphatic carboxylic acids is 1. The number of nitrogens with zero attached hydrogens (tertiary/aromatic N) is 4. The summed E-state index contributed by atoms with van der Waals surface area (Å²) in [6, 6.07) is 11.7. The standard InChI is InChI=1S/C22H26N4O3/c27-21(26-15-13-24(14-16-26)18-5-9-23-10-6-18)19-3-1-2-4-20(19)25-11-7-17(8-12-25)22(28)29/h1-6,9-10,17H,7-8,11-16H2,(H,28,29). The summed E-state index contributed by atoms with van der Waals surface area (Å²) in [5.41, 5.74) is 2.75. The predicted octanol–water partition coefficient (Wildman–Crippen LogP) is 2.35. The molecule has 4 rings (SSSR count). The molecule has 1 N–H and O–H groups in total. The van der Waals surface area contributed by atoms with Crippen molar-refractivity contribution < 1.29 is 14.7 Å². The van der Waals surface area contributed by atoms with E-state index in [1.807, 2.05) is 41.3 Å². The van der Waals surface area contributed by atoms with Gasteiger partial charge < -0.3 is 19.8 Å². The smallest absolute Gasteiger partial charge is 0.306 e. The maximum atomic E-state index is 13.3. The lowest BCUT2D eigenvalue weighted by Crippen LogP contribution is -2.49. The summed E-state index contributed by atoms with van der Waals surface area (Å²) in [7, 11) is 0. The van der Waals surface area contributed by atoms with Crippen LogP contribution in [0.1, 0.15) is 23.2 Å². The van der Waals surface area contributed by atoms with E-state index < -0.39 is 5.97 Å². The van der Waals surface area contributed by atoms with Crippen LogP contribution in [0, 0.1) is 5.92 Å². The third-order valence-electron chi connectivity index (χ3n) is 5.91. The lowest BCUT2D eigenvalue weighted by atomic mass is 9.96. The number of hydrogen-bond acceptors (Lipinski definition) is 5. The minimum atomic E-state index is -0.721. The summed E-state index contributed by atoms with van der Waals surface area (Å²) in [5.74, 6) is -0.952. The number of para-hydroxylation sites is 1. The molecule has 1 amide bonds. The van der Waals surface area contributed by atoms with Crippen LogP contribution in [0.5, 0.6) is 0 Å². The largest absolute Gasteiger partial charge is 0.481 e. The maximum absolute atomic E-state index is 13.3. The van der Waals surface area contributed by atoms with Gasteiger partial charge in [-0.25, -0.2) is 0 Å². The Bertz CT molecular complexity index is 857. The molecule has 0 unspecified atom stereocenters. The Hall–Kier alpha value is -3.09. The van der Waals surface area contributed by atoms with Crippen molar-refractivity contribution in [3.8, 4) is 0 Å². The first-order chi connectivity index (χ1) is 14.1. The van der Waals surface area contributed by atoms with Crippen LogP contribution in [0.4, 0.5) is 11.4 Å². The van der Waals surface area contributed by atoms with Crippen LogP contribution in [0.25, 0.3) is 0 Å². The summed E-state index contributed by atoms with van der Waals surface area (Å²) in [4.78, 5) is 34.9. The van der Waals surface area contributed by atoms with Gasteiger partial charge in [0.2, 0.25) is 0 Å². The monoisotopic (exact) mass is 394 g/mol. The summed E-state index contributed by atoms with van der Waals surface area (Å²) in [5, 5.41) is 9.23. The molecule has 7 heteroatoms. The van der Waals surface area contributed by atoms with Gasteiger partial charge in [-0.05, 0) is 37.1 Å². The van der Waals surface area contributed by atoms with E-state index in [1.54, 1.807) is 12.4 Å². The van der Waals surface area contributed by atoms with Crippen LogP contribution < -0.4 is 9.80 Å². The van der Waals surface area contributed by atoms with Crippen LogP contribution in [-0.4, -0.2) is 66.1 Å². The Balaban J connectivity index is 1.43. The summed E-state index contributed by atoms with van der Waals surface area (Å²) in [6.07, 6.45) is 4.80. The molecule has 3 heterocycles. The third kappa shape index (κ3) is 4.18. The number of piperidine rings is 1. The van der Waals surface area contributed by atoms with Crippen molar-refractivity contribution in [3.05, 3.63) is 54.4 Å². The van der Waals surface area contributed by atoms with E-state index in [-0.39, 0.29) is 11.8 Å². The zero-order valence-electron chi connectivity index (χ0n) is 16.4. The number of piperazine rings is 1. The van der Waals surface area contributed by atoms with Gasteiger partial charge in [0.15, 0.2) is 0 Å². The Labute approximate surface area is 170 Å². The molecule has 29 heavy (non-hydrogen) atoms. The number of pyridine rings is 1. The first-order valence-corrected chi connectivity index (χ1v) is 10.1. The van der Waals surface area contributed by atoms with Gasteiger partial charge in [0.05, 0.1) is 11.5 Å². The Kier molecular flexibility index (Phi) is 5.64. The molecule has 0 spiro atoms. The first-order valence-electron chi connectivity index (χ1n) is 10.1. The van der Waals surface area contributed by atoms with Gasteiger partial charge in [-0.3, -0.25) is 14.6 Å². The lowest BCUT2D eigenvalue weighted by Gasteiger charge is -2.37. The van der Waals surface area contributed by atoms with Gasteiger partial charge in [-0.15, -0.1) is 0 Å². The van der Waals surface area contributed by atoms with Gasteiger partial charge in [0.1, 0.15) is 0 Å². The van der Waals surface area contributed by atoms with Crippen molar-refractivity contribution in [2.75, 3.05) is 49.1 Å². The minimum Gasteiger partial charge on any atom is -0.481 e. The van der Waals surface area contributed by atoms with Gasteiger partial charge in [0, 0.05) is 63.0 Å². The Morgan fingerprint density at radius 2 is 1.52 bits per heavy atom. The number of carboxylic acids is 1. The summed E-state index contributed by atoms with van der Waals surface area (Å²) < 4.78 is 0. The van der Waals surface area contributed by atoms with Crippen molar-refractivity contribution in [1.29, 1.82) is 0 Å². The van der Waals surface area contributed by atoms with E-state index in [0.717, 1.165) is 24.5 Å². The molecule has 2 aliphatic heterocycles. The second kappa shape index (κ2) is 8.51. The van der Waals surface area contributed by atoms with Gasteiger partial charge in [-0.2, -0.15) is 0 Å². The zero-order valence-corrected chi connectivity index (χ0v) is 16.4. The number of amides is 1. The average molecular weight is 394 g/mol. The fourth-order valence-electron chi connectivity index (χ4n) is 4.19. The van der Waals surface area contributed by atoms with Crippen LogP contribution in [0.3, 0.4) is 0 Å². The zero-order chi connectivity index (χ0) is 20.2. The Morgan fingerprint density at radius 1 is 0.862 bits per heavy atom. The van der Waals surface area contributed by atoms with Crippen molar-refractivity contribution in [3.63, 3.8) is 0 Å². The number of carbonyl (C=O) groups is 2. The molecule has 0 atom stereocenters. The fraction of sp³-hybridized carbons (Fsp3) is 0.409. The highest BCUT2D eigenvalue weighted by molar-refractivity contribution is 6.00. The van der Waals surface area contributed by atoms with Crippen LogP contribution in [0.2, 0.25) is 0 Å². The van der Waals surface area contributed by atoms with E-state index in [9.17, 15) is 14.7 Å². The molecule has 2 fully saturated rings. The van der Waals surface area contributed by atoms with E-state index >= 15 is 0 Å². The second-order valence-corrected chi connectivity index (χ2v) is 7.60. The molecule has 1 aromatic carbocycles. The van der Waals surface area contributed by atoms with Crippen molar-refractivity contribution in [1.82, 2.24) is 9.88 Å². The highest BCUT2D eigenvalue weighted by Crippen LogP contribution is 2.28. The summed E-state index contributed by atoms with van der Waals surface area (Å²) in [6.45, 7) is 4.27. The molecule has 0 radical (unpaired) electrons. The van der Waals surface area contributed by atoms with E-state index in [2.05, 4.69) is 14.8 Å². The van der Waals surface area contributed by atoms with E-state index in [1.165, 1.54) is 0 Å². The second-order valence-electron chi connectivity index (χ2n) is 7.60. The number of benzene rings is 1. The number of anilines is 2. The molecule has 0 bridgehead atoms. The number of carboxylic acid groups (broad SMARTS) is 1. The molecule has 2 aliphatic rings. The van der Waals surface area contributed by atoms with E-state index in [4.69, 9.17) is 0 Å². The van der Waals surface area contributed by atoms with E-state index in [0.29, 0.717) is 44.6 Å². The number of rotatable bonds is 4. The quantitative estimate of drug-likeness (QED) is 0.858. The number of aromatic nitrogens is 1. The minimum absolute atomic E-state index is 0.0512. The van der Waals surface area contributed by atoms with Gasteiger partial charge >= 0.3 is 5.97 Å². The SMILES string of the molecule is O=C(O)C1CCN(c2ccccc2C(=O)N2CCN(c3ccncc3)CC2)CC1. The number of carbonyl (C=O) groups excluding carboxylic acids is 1. The maximum Gasteiger partial charge on any atom is 0.306 e. The molecule has 0 aliphatic carbocycles. The van der Waals surface area contributed by atoms with Crippen LogP contribution >= 0.6 is 0 Å². The van der Waals surface area contributed by atoms with Gasteiger partial charge in [0.25, 0.3) is 5.91 Å². The molecule has 2 aromatic rings. The molecule has 152 valence electrons. The Morgan fingerprint density at radius 3 is 2.17 bits per heavy atom. The fourth-order valence-corrected chi connectivity index (χ4v) is 4.19. The van der Waals surface area contributed by atoms with Crippen LogP contribution in [-0.2, 0) is 4.79 Å². The summed E-state index contributed by atoms with van der Waals surface area (Å²) >= 11 is 0. The topological polar surface area (TPSA) is 77.0 Å². The number of hydrogen-bond donors (Lipinski definition) is 1. The van der Waals surface area contributed by atoms with Crippen molar-refractivity contribution >= 4 is 23.3 Å². The molecular weight excluding hydrogens is 368 g/mol. The predicted molar refractivity (Wildman–Crippen MR) is 111 cm³/mol. The normalized spacial score (nSPS) is 18.0. The van der Waals surface area contributed by atoms with Gasteiger partial charge in [-0.1, -0.05) is 12.1 Å². The molecule has 7 nitrogen and oxygen atoms in total. The highest BCUT2D eigenvalue weighted by atomic mass is 16.4. The average Bonchev–Trinajstić information content (AvgIpc) is 2.79. The lowest BCUT2D eigenvalue weighted by molar-refractivity contribution is -0.142. The highest BCUT2D eigenvalue weighted by Gasteiger charge is 2.28. The molecule has 0 saturated carbocycles. The van der Waals surface area contributed by atoms with Crippen molar-refractivity contribution in [2.45, 2.75) is 12.8 Å². The molecule has 2 saturated heterocycles.